The van der Waals surface area contributed by atoms with E-state index in [-0.39, 0.29) is 63.4 Å². The third-order valence-corrected chi connectivity index (χ3v) is 12.5. The number of carbonyl (C=O) groups is 3. The molecule has 20 heteroatoms. The van der Waals surface area contributed by atoms with Crippen LogP contribution in [0.5, 0.6) is 5.75 Å². The normalized spacial score (nSPS) is 22.0. The first kappa shape index (κ1) is 46.9. The van der Waals surface area contributed by atoms with Crippen LogP contribution >= 0.6 is 11.3 Å². The molecule has 5 atom stereocenters. The van der Waals surface area contributed by atoms with E-state index in [0.29, 0.717) is 48.4 Å². The third kappa shape index (κ3) is 11.2. The first-order valence-electron chi connectivity index (χ1n) is 19.8. The molecule has 0 aromatic carbocycles. The molecular weight excluding hydrogens is 843 g/mol. The Morgan fingerprint density at radius 2 is 1.80 bits per heavy atom. The summed E-state index contributed by atoms with van der Waals surface area (Å²) in [6, 6.07) is 1.25. The maximum atomic E-state index is 14.7. The molecule has 1 aliphatic heterocycles. The molecule has 3 amide bonds. The van der Waals surface area contributed by atoms with E-state index in [0.717, 1.165) is 40.9 Å². The predicted molar refractivity (Wildman–Crippen MR) is 209 cm³/mol. The molecule has 2 N–H and O–H groups in total. The molecule has 1 saturated carbocycles. The van der Waals surface area contributed by atoms with Crippen LogP contribution < -0.4 is 9.46 Å². The van der Waals surface area contributed by atoms with Crippen molar-refractivity contribution in [2.24, 2.45) is 11.8 Å². The minimum absolute atomic E-state index is 0.00545. The number of nitrogens with one attached hydrogen (secondary N) is 1. The molecule has 332 valence electrons. The van der Waals surface area contributed by atoms with Gasteiger partial charge in [0, 0.05) is 48.8 Å². The number of sulfonamides is 1. The zero-order valence-corrected chi connectivity index (χ0v) is 35.3. The largest absolute Gasteiger partial charge is 0.490 e. The molecule has 60 heavy (non-hydrogen) atoms. The fraction of sp³-hybridized carbons (Fsp3) is 0.600. The lowest BCUT2D eigenvalue weighted by atomic mass is 9.75. The van der Waals surface area contributed by atoms with Crippen LogP contribution in [0.2, 0.25) is 0 Å². The van der Waals surface area contributed by atoms with E-state index in [1.54, 1.807) is 19.9 Å². The molecule has 0 radical (unpaired) electrons. The third-order valence-electron chi connectivity index (χ3n) is 11.0. The highest BCUT2D eigenvalue weighted by Crippen LogP contribution is 2.43. The molecule has 2 aromatic heterocycles. The van der Waals surface area contributed by atoms with E-state index >= 15 is 0 Å². The van der Waals surface area contributed by atoms with Crippen LogP contribution in [0, 0.1) is 11.8 Å². The summed E-state index contributed by atoms with van der Waals surface area (Å²) in [7, 11) is -3.75. The summed E-state index contributed by atoms with van der Waals surface area (Å²) in [5, 5.41) is 13.3. The molecule has 3 aliphatic rings. The van der Waals surface area contributed by atoms with Gasteiger partial charge >= 0.3 is 12.4 Å². The van der Waals surface area contributed by atoms with Crippen molar-refractivity contribution < 1.29 is 63.7 Å². The number of amides is 3. The van der Waals surface area contributed by atoms with Gasteiger partial charge in [-0.3, -0.25) is 24.1 Å². The van der Waals surface area contributed by atoms with E-state index in [4.69, 9.17) is 9.47 Å². The summed E-state index contributed by atoms with van der Waals surface area (Å²) in [5.74, 6) is -3.15. The average molecular weight is 893 g/mol. The Bertz CT molecular complexity index is 2050. The van der Waals surface area contributed by atoms with Crippen LogP contribution in [-0.2, 0) is 36.7 Å². The zero-order chi connectivity index (χ0) is 44.2. The monoisotopic (exact) mass is 892 g/mol. The van der Waals surface area contributed by atoms with Gasteiger partial charge < -0.3 is 24.4 Å². The first-order valence-corrected chi connectivity index (χ1v) is 22.6. The summed E-state index contributed by atoms with van der Waals surface area (Å²) >= 11 is 0.338. The van der Waals surface area contributed by atoms with Crippen LogP contribution in [-0.4, -0.2) is 95.8 Å². The quantitative estimate of drug-likeness (QED) is 0.178. The molecule has 12 nitrogen and oxygen atoms in total. The van der Waals surface area contributed by atoms with E-state index in [1.807, 2.05) is 17.7 Å². The molecule has 2 aliphatic carbocycles. The maximum Gasteiger partial charge on any atom is 0.425 e. The Morgan fingerprint density at radius 1 is 1.10 bits per heavy atom. The Balaban J connectivity index is 1.43. The van der Waals surface area contributed by atoms with Crippen LogP contribution in [0.4, 0.5) is 26.3 Å². The van der Waals surface area contributed by atoms with Crippen molar-refractivity contribution in [2.75, 3.05) is 25.9 Å². The summed E-state index contributed by atoms with van der Waals surface area (Å²) in [6.07, 6.45) is -3.92. The van der Waals surface area contributed by atoms with Crippen LogP contribution in [0.25, 0.3) is 0 Å². The lowest BCUT2D eigenvalue weighted by Gasteiger charge is -2.44. The van der Waals surface area contributed by atoms with Crippen LogP contribution in [0.3, 0.4) is 0 Å². The number of nitrogens with zero attached hydrogens (tertiary/aromatic N) is 3. The second-order valence-electron chi connectivity index (χ2n) is 15.6. The van der Waals surface area contributed by atoms with Crippen LogP contribution in [0.1, 0.15) is 99.5 Å². The Hall–Kier alpha value is -4.17. The molecule has 5 rings (SSSR count). The Kier molecular flexibility index (Phi) is 14.7. The van der Waals surface area contributed by atoms with Gasteiger partial charge in [0.2, 0.25) is 15.9 Å². The van der Waals surface area contributed by atoms with Gasteiger partial charge in [-0.15, -0.1) is 11.3 Å². The number of alkyl halides is 6. The number of carbonyl (C=O) groups excluding carboxylic acids is 3. The maximum absolute atomic E-state index is 14.7. The van der Waals surface area contributed by atoms with Gasteiger partial charge in [-0.05, 0) is 75.5 Å². The number of hydrogen-bond donors (Lipinski definition) is 2. The van der Waals surface area contributed by atoms with E-state index in [2.05, 4.69) is 4.98 Å². The Labute approximate surface area is 349 Å². The van der Waals surface area contributed by atoms with Gasteiger partial charge in [0.1, 0.15) is 22.1 Å². The van der Waals surface area contributed by atoms with Crippen molar-refractivity contribution in [3.63, 3.8) is 0 Å². The van der Waals surface area contributed by atoms with Crippen molar-refractivity contribution in [1.29, 1.82) is 0 Å². The van der Waals surface area contributed by atoms with Gasteiger partial charge in [0.25, 0.3) is 11.8 Å². The number of likely N-dealkylation sites (tertiary alicyclic amines) is 1. The molecular formula is C40H50F6N4O8S2. The fourth-order valence-electron chi connectivity index (χ4n) is 8.23. The molecule has 2 aromatic rings. The fourth-order valence-corrected chi connectivity index (χ4v) is 9.45. The number of pyridine rings is 1. The summed E-state index contributed by atoms with van der Waals surface area (Å²) in [6.45, 7) is 5.07. The SMILES string of the molecule is CCCC(C(Oc1csc(C(F)(F)F)c1)C(=O)N1CCC(O)(C2=C(OC3CCC(C(=O)NS(C)(=O)=O)C3)C=CCC2C)CC1)N(CCC)C(=O)c1ncccc1C(F)(F)F. The van der Waals surface area contributed by atoms with E-state index < -0.39 is 86.0 Å². The number of aromatic nitrogens is 1. The average Bonchev–Trinajstić information content (AvgIpc) is 3.85. The highest BCUT2D eigenvalue weighted by Gasteiger charge is 2.47. The lowest BCUT2D eigenvalue weighted by Crippen LogP contribution is -2.58. The van der Waals surface area contributed by atoms with Crippen molar-refractivity contribution in [1.82, 2.24) is 19.5 Å². The smallest absolute Gasteiger partial charge is 0.425 e. The molecule has 1 saturated heterocycles. The number of aliphatic hydroxyl groups is 1. The summed E-state index contributed by atoms with van der Waals surface area (Å²) in [4.78, 5) is 46.5. The number of halogens is 6. The van der Waals surface area contributed by atoms with Gasteiger partial charge in [-0.25, -0.2) is 8.42 Å². The van der Waals surface area contributed by atoms with E-state index in [1.165, 1.54) is 4.90 Å². The molecule has 0 spiro atoms. The minimum Gasteiger partial charge on any atom is -0.490 e. The van der Waals surface area contributed by atoms with Crippen molar-refractivity contribution in [2.45, 2.75) is 115 Å². The first-order chi connectivity index (χ1) is 28.1. The standard InChI is InChI=1S/C40H50F6N4O8S2/c1-5-9-29(50(18-6-2)36(52)33-28(39(41,42)43)11-8-17-47-33)34(58-27-22-31(59-23-27)40(44,45)46)37(53)49-19-15-38(54,16-20-49)32-24(3)10-7-12-30(32)57-26-14-13-25(21-26)35(51)48-60(4,55)56/h7-8,11-12,17,22-26,29,34,54H,5-6,9-10,13-16,18-21H2,1-4H3,(H,48,51). The number of piperidine rings is 1. The van der Waals surface area contributed by atoms with E-state index in [9.17, 15) is 54.3 Å². The molecule has 0 bridgehead atoms. The molecule has 2 fully saturated rings. The number of hydrogen-bond acceptors (Lipinski definition) is 10. The van der Waals surface area contributed by atoms with Gasteiger partial charge in [0.05, 0.1) is 29.6 Å². The van der Waals surface area contributed by atoms with Crippen LogP contribution in [0.15, 0.2) is 53.3 Å². The topological polar surface area (TPSA) is 155 Å². The second kappa shape index (κ2) is 18.8. The molecule has 5 unspecified atom stereocenters. The predicted octanol–water partition coefficient (Wildman–Crippen LogP) is 7.11. The summed E-state index contributed by atoms with van der Waals surface area (Å²) < 4.78 is 121. The number of rotatable bonds is 15. The van der Waals surface area contributed by atoms with Crippen molar-refractivity contribution in [3.8, 4) is 5.75 Å². The highest BCUT2D eigenvalue weighted by atomic mass is 32.2. The molecule has 3 heterocycles. The number of ether oxygens (including phenoxy) is 2. The van der Waals surface area contributed by atoms with Gasteiger partial charge in [0.15, 0.2) is 6.10 Å². The van der Waals surface area contributed by atoms with Crippen molar-refractivity contribution in [3.05, 3.63) is 69.4 Å². The number of thiophene rings is 1. The lowest BCUT2D eigenvalue weighted by molar-refractivity contribution is -0.145. The number of allylic oxidation sites excluding steroid dienone is 2. The second-order valence-corrected chi connectivity index (χ2v) is 18.3. The van der Waals surface area contributed by atoms with Crippen molar-refractivity contribution >= 4 is 39.1 Å². The van der Waals surface area contributed by atoms with Gasteiger partial charge in [-0.1, -0.05) is 33.3 Å². The highest BCUT2D eigenvalue weighted by molar-refractivity contribution is 7.89. The zero-order valence-electron chi connectivity index (χ0n) is 33.6. The summed E-state index contributed by atoms with van der Waals surface area (Å²) in [5.41, 5.74) is -3.07. The van der Waals surface area contributed by atoms with Gasteiger partial charge in [-0.2, -0.15) is 26.3 Å². The minimum atomic E-state index is -4.94. The Morgan fingerprint density at radius 3 is 2.40 bits per heavy atom.